The van der Waals surface area contributed by atoms with E-state index in [-0.39, 0.29) is 2.85 Å². The Morgan fingerprint density at radius 3 is 1.95 bits per heavy atom. The van der Waals surface area contributed by atoms with Gasteiger partial charge in [-0.25, -0.2) is 4.79 Å². The van der Waals surface area contributed by atoms with Crippen LogP contribution in [0.1, 0.15) is 47.8 Å². The minimum absolute atomic E-state index is 0. The molecule has 1 aromatic heterocycles. The molecule has 0 fully saturated rings. The number of primary amides is 2. The number of pyridine rings is 1. The van der Waals surface area contributed by atoms with Gasteiger partial charge >= 0.3 is 6.09 Å². The molecule has 1 rings (SSSR count). The molecule has 0 radical (unpaired) electrons. The van der Waals surface area contributed by atoms with E-state index in [0.29, 0.717) is 5.56 Å². The van der Waals surface area contributed by atoms with E-state index in [1.165, 1.54) is 6.20 Å². The van der Waals surface area contributed by atoms with Crippen molar-refractivity contribution in [3.63, 3.8) is 0 Å². The fraction of sp³-hybridized carbons (Fsp3) is 0.462. The zero-order valence-corrected chi connectivity index (χ0v) is 12.1. The highest BCUT2D eigenvalue weighted by Crippen LogP contribution is 2.04. The van der Waals surface area contributed by atoms with Crippen LogP contribution in [0.3, 0.4) is 0 Å². The van der Waals surface area contributed by atoms with E-state index in [1.54, 1.807) is 39.1 Å². The molecule has 0 atom stereocenters. The molecule has 6 nitrogen and oxygen atoms in total. The highest BCUT2D eigenvalue weighted by atomic mass is 16.6. The second kappa shape index (κ2) is 9.87. The fourth-order valence-electron chi connectivity index (χ4n) is 0.810. The molecule has 0 saturated heterocycles. The third kappa shape index (κ3) is 13.8. The minimum Gasteiger partial charge on any atom is -0.444 e. The van der Waals surface area contributed by atoms with Crippen molar-refractivity contribution in [2.45, 2.75) is 40.2 Å². The molecular formula is C13H27N3O3. The van der Waals surface area contributed by atoms with Gasteiger partial charge in [0.25, 0.3) is 0 Å². The van der Waals surface area contributed by atoms with Crippen LogP contribution in [-0.2, 0) is 4.74 Å². The van der Waals surface area contributed by atoms with Gasteiger partial charge in [-0.15, -0.1) is 0 Å². The van der Waals surface area contributed by atoms with Crippen molar-refractivity contribution >= 4 is 12.0 Å². The van der Waals surface area contributed by atoms with Crippen LogP contribution in [0.4, 0.5) is 4.79 Å². The summed E-state index contributed by atoms with van der Waals surface area (Å²) in [6.07, 6.45) is 2.30. The molecule has 2 amide bonds. The number of carbonyl (C=O) groups is 2. The Morgan fingerprint density at radius 2 is 1.79 bits per heavy atom. The predicted molar refractivity (Wildman–Crippen MR) is 78.8 cm³/mol. The Hall–Kier alpha value is -2.11. The van der Waals surface area contributed by atoms with Crippen LogP contribution in [0.25, 0.3) is 0 Å². The van der Waals surface area contributed by atoms with Crippen LogP contribution in [0, 0.1) is 0 Å². The Morgan fingerprint density at radius 1 is 1.26 bits per heavy atom. The molecule has 0 saturated carbocycles. The highest BCUT2D eigenvalue weighted by molar-refractivity contribution is 5.92. The fourth-order valence-corrected chi connectivity index (χ4v) is 0.810. The number of nitrogens with two attached hydrogens (primary N) is 2. The monoisotopic (exact) mass is 273 g/mol. The molecule has 112 valence electrons. The second-order valence-electron chi connectivity index (χ2n) is 4.14. The number of carbonyl (C=O) groups excluding carboxylic acids is 2. The normalized spacial score (nSPS) is 9.11. The van der Waals surface area contributed by atoms with Crippen LogP contribution in [0.2, 0.25) is 0 Å². The van der Waals surface area contributed by atoms with Gasteiger partial charge in [0.2, 0.25) is 5.91 Å². The van der Waals surface area contributed by atoms with Gasteiger partial charge < -0.3 is 16.2 Å². The molecule has 0 aromatic carbocycles. The van der Waals surface area contributed by atoms with Gasteiger partial charge in [-0.05, 0) is 32.9 Å². The first-order valence-electron chi connectivity index (χ1n) is 5.90. The zero-order valence-electron chi connectivity index (χ0n) is 12.1. The average molecular weight is 273 g/mol. The van der Waals surface area contributed by atoms with E-state index in [9.17, 15) is 9.59 Å². The maximum Gasteiger partial charge on any atom is 0.405 e. The van der Waals surface area contributed by atoms with Gasteiger partial charge in [0.05, 0.1) is 5.56 Å². The second-order valence-corrected chi connectivity index (χ2v) is 4.14. The molecule has 0 spiro atoms. The standard InChI is InChI=1S/C6H6N2O.C5H11NO2.C2H6.2H2/c7-6(9)5-2-1-3-8-4-5;1-5(2,3)8-4(6)7;1-2;;/h1-4H,(H2,7,9);1-3H3,(H2,6,7);1-2H3;2*1H. The molecule has 19 heavy (non-hydrogen) atoms. The van der Waals surface area contributed by atoms with Gasteiger partial charge in [0.15, 0.2) is 0 Å². The van der Waals surface area contributed by atoms with Crippen molar-refractivity contribution in [2.24, 2.45) is 11.5 Å². The third-order valence-corrected chi connectivity index (χ3v) is 1.35. The molecule has 0 aliphatic heterocycles. The summed E-state index contributed by atoms with van der Waals surface area (Å²) in [6.45, 7) is 9.28. The number of hydrogen-bond acceptors (Lipinski definition) is 4. The van der Waals surface area contributed by atoms with Crippen molar-refractivity contribution in [1.82, 2.24) is 4.98 Å². The number of aromatic nitrogens is 1. The van der Waals surface area contributed by atoms with Gasteiger partial charge in [0.1, 0.15) is 5.60 Å². The Balaban J connectivity index is -0.000000114. The average Bonchev–Trinajstić information content (AvgIpc) is 2.30. The van der Waals surface area contributed by atoms with Crippen molar-refractivity contribution in [3.05, 3.63) is 30.1 Å². The Bertz CT molecular complexity index is 382. The summed E-state index contributed by atoms with van der Waals surface area (Å²) in [5.41, 5.74) is 9.64. The topological polar surface area (TPSA) is 108 Å². The molecule has 0 unspecified atom stereocenters. The summed E-state index contributed by atoms with van der Waals surface area (Å²) in [7, 11) is 0. The Labute approximate surface area is 117 Å². The summed E-state index contributed by atoms with van der Waals surface area (Å²) in [6, 6.07) is 3.29. The third-order valence-electron chi connectivity index (χ3n) is 1.35. The van der Waals surface area contributed by atoms with E-state index in [4.69, 9.17) is 11.5 Å². The maximum absolute atomic E-state index is 10.4. The van der Waals surface area contributed by atoms with Crippen molar-refractivity contribution in [3.8, 4) is 0 Å². The van der Waals surface area contributed by atoms with Gasteiger partial charge in [0, 0.05) is 15.2 Å². The molecule has 0 bridgehead atoms. The van der Waals surface area contributed by atoms with Crippen LogP contribution in [0.15, 0.2) is 24.5 Å². The number of hydrogen-bond donors (Lipinski definition) is 2. The SMILES string of the molecule is CC.CC(C)(C)OC(N)=O.NC(=O)c1cccnc1.[HH].[HH]. The lowest BCUT2D eigenvalue weighted by Crippen LogP contribution is -2.27. The summed E-state index contributed by atoms with van der Waals surface area (Å²) in [4.78, 5) is 24.1. The summed E-state index contributed by atoms with van der Waals surface area (Å²) in [5.74, 6) is -0.442. The van der Waals surface area contributed by atoms with Crippen LogP contribution < -0.4 is 11.5 Å². The molecule has 0 aliphatic carbocycles. The summed E-state index contributed by atoms with van der Waals surface area (Å²) < 4.78 is 4.58. The van der Waals surface area contributed by atoms with Gasteiger partial charge in [-0.1, -0.05) is 13.8 Å². The number of nitrogens with zero attached hydrogens (tertiary/aromatic N) is 1. The molecule has 6 heteroatoms. The molecular weight excluding hydrogens is 246 g/mol. The van der Waals surface area contributed by atoms with Crippen molar-refractivity contribution < 1.29 is 17.2 Å². The minimum atomic E-state index is -0.725. The van der Waals surface area contributed by atoms with E-state index >= 15 is 0 Å². The maximum atomic E-state index is 10.4. The first kappa shape index (κ1) is 19.2. The van der Waals surface area contributed by atoms with Gasteiger partial charge in [-0.3, -0.25) is 9.78 Å². The first-order chi connectivity index (χ1) is 8.72. The first-order valence-corrected chi connectivity index (χ1v) is 5.90. The lowest BCUT2D eigenvalue weighted by Gasteiger charge is -2.16. The largest absolute Gasteiger partial charge is 0.444 e. The molecule has 0 aliphatic rings. The lowest BCUT2D eigenvalue weighted by molar-refractivity contribution is 0.0600. The van der Waals surface area contributed by atoms with Crippen LogP contribution >= 0.6 is 0 Å². The van der Waals surface area contributed by atoms with E-state index < -0.39 is 17.6 Å². The summed E-state index contributed by atoms with van der Waals surface area (Å²) >= 11 is 0. The lowest BCUT2D eigenvalue weighted by atomic mass is 10.2. The molecule has 4 N–H and O–H groups in total. The van der Waals surface area contributed by atoms with Crippen molar-refractivity contribution in [1.29, 1.82) is 0 Å². The van der Waals surface area contributed by atoms with E-state index in [2.05, 4.69) is 9.72 Å². The zero-order chi connectivity index (χ0) is 15.5. The van der Waals surface area contributed by atoms with Crippen LogP contribution in [0.5, 0.6) is 0 Å². The molecule has 1 aromatic rings. The quantitative estimate of drug-likeness (QED) is 0.819. The van der Waals surface area contributed by atoms with Crippen molar-refractivity contribution in [2.75, 3.05) is 0 Å². The van der Waals surface area contributed by atoms with E-state index in [1.807, 2.05) is 13.8 Å². The predicted octanol–water partition coefficient (Wildman–Crippen LogP) is 2.58. The Kier molecular flexibility index (Phi) is 10.00. The summed E-state index contributed by atoms with van der Waals surface area (Å²) in [5, 5.41) is 0. The highest BCUT2D eigenvalue weighted by Gasteiger charge is 2.12. The van der Waals surface area contributed by atoms with Crippen LogP contribution in [-0.4, -0.2) is 22.6 Å². The van der Waals surface area contributed by atoms with Gasteiger partial charge in [-0.2, -0.15) is 0 Å². The number of ether oxygens (including phenoxy) is 1. The number of rotatable bonds is 1. The molecule has 1 heterocycles. The van der Waals surface area contributed by atoms with E-state index in [0.717, 1.165) is 0 Å². The number of amides is 2. The smallest absolute Gasteiger partial charge is 0.405 e.